The molecule has 0 unspecified atom stereocenters. The SMILES string of the molecule is Cc1cc(Br)c(NCc2ccc(C#N)cc2Cl)cc1Cl. The van der Waals surface area contributed by atoms with Crippen LogP contribution >= 0.6 is 39.1 Å². The Balaban J connectivity index is 2.17. The number of nitrogens with one attached hydrogen (secondary N) is 1. The highest BCUT2D eigenvalue weighted by Crippen LogP contribution is 2.30. The first-order chi connectivity index (χ1) is 9.51. The van der Waals surface area contributed by atoms with Crippen LogP contribution in [0.3, 0.4) is 0 Å². The molecule has 0 aliphatic heterocycles. The normalized spacial score (nSPS) is 10.2. The quantitative estimate of drug-likeness (QED) is 0.769. The smallest absolute Gasteiger partial charge is 0.0992 e. The summed E-state index contributed by atoms with van der Waals surface area (Å²) in [4.78, 5) is 0. The Kier molecular flexibility index (Phi) is 4.93. The van der Waals surface area contributed by atoms with Crippen LogP contribution in [0.25, 0.3) is 0 Å². The molecule has 0 aliphatic rings. The highest BCUT2D eigenvalue weighted by atomic mass is 79.9. The second-order valence-corrected chi connectivity index (χ2v) is 6.02. The van der Waals surface area contributed by atoms with Gasteiger partial charge in [-0.1, -0.05) is 29.3 Å². The van der Waals surface area contributed by atoms with Crippen molar-refractivity contribution in [3.63, 3.8) is 0 Å². The van der Waals surface area contributed by atoms with Crippen molar-refractivity contribution in [1.29, 1.82) is 5.26 Å². The fourth-order valence-corrected chi connectivity index (χ4v) is 2.74. The molecule has 2 aromatic carbocycles. The van der Waals surface area contributed by atoms with Crippen molar-refractivity contribution in [1.82, 2.24) is 0 Å². The first-order valence-electron chi connectivity index (χ1n) is 5.89. The fraction of sp³-hybridized carbons (Fsp3) is 0.133. The van der Waals surface area contributed by atoms with Gasteiger partial charge in [-0.15, -0.1) is 0 Å². The van der Waals surface area contributed by atoms with Gasteiger partial charge in [0.1, 0.15) is 0 Å². The molecule has 0 saturated carbocycles. The van der Waals surface area contributed by atoms with E-state index in [2.05, 4.69) is 27.3 Å². The van der Waals surface area contributed by atoms with Gasteiger partial charge in [-0.05, 0) is 58.2 Å². The lowest BCUT2D eigenvalue weighted by atomic mass is 10.1. The standard InChI is InChI=1S/C15H11BrCl2N2/c1-9-4-12(16)15(6-13(9)17)20-8-11-3-2-10(7-19)5-14(11)18/h2-6,20H,8H2,1H3. The summed E-state index contributed by atoms with van der Waals surface area (Å²) in [5.41, 5.74) is 3.40. The van der Waals surface area contributed by atoms with Crippen LogP contribution in [0.2, 0.25) is 10.0 Å². The number of hydrogen-bond acceptors (Lipinski definition) is 2. The third kappa shape index (κ3) is 3.46. The molecule has 0 aromatic heterocycles. The van der Waals surface area contributed by atoms with Crippen molar-refractivity contribution in [3.8, 4) is 6.07 Å². The molecule has 0 atom stereocenters. The van der Waals surface area contributed by atoms with E-state index in [1.807, 2.05) is 25.1 Å². The van der Waals surface area contributed by atoms with Crippen molar-refractivity contribution in [2.75, 3.05) is 5.32 Å². The molecule has 0 amide bonds. The summed E-state index contributed by atoms with van der Waals surface area (Å²) in [5.74, 6) is 0. The van der Waals surface area contributed by atoms with Gasteiger partial charge < -0.3 is 5.32 Å². The topological polar surface area (TPSA) is 35.8 Å². The van der Waals surface area contributed by atoms with Gasteiger partial charge in [-0.2, -0.15) is 5.26 Å². The van der Waals surface area contributed by atoms with Gasteiger partial charge in [-0.3, -0.25) is 0 Å². The van der Waals surface area contributed by atoms with E-state index in [9.17, 15) is 0 Å². The van der Waals surface area contributed by atoms with Gasteiger partial charge in [0.2, 0.25) is 0 Å². The summed E-state index contributed by atoms with van der Waals surface area (Å²) < 4.78 is 0.948. The number of nitriles is 1. The third-order valence-electron chi connectivity index (χ3n) is 2.90. The number of nitrogens with zero attached hydrogens (tertiary/aromatic N) is 1. The van der Waals surface area contributed by atoms with E-state index in [4.69, 9.17) is 28.5 Å². The van der Waals surface area contributed by atoms with Crippen LogP contribution in [0.1, 0.15) is 16.7 Å². The number of hydrogen-bond donors (Lipinski definition) is 1. The van der Waals surface area contributed by atoms with Crippen molar-refractivity contribution in [2.24, 2.45) is 0 Å². The average Bonchev–Trinajstić information content (AvgIpc) is 2.42. The summed E-state index contributed by atoms with van der Waals surface area (Å²) >= 11 is 15.8. The molecule has 0 saturated heterocycles. The van der Waals surface area contributed by atoms with Gasteiger partial charge in [0.05, 0.1) is 17.3 Å². The summed E-state index contributed by atoms with van der Waals surface area (Å²) in [6.45, 7) is 2.51. The molecule has 1 N–H and O–H groups in total. The monoisotopic (exact) mass is 368 g/mol. The maximum atomic E-state index is 8.81. The zero-order valence-electron chi connectivity index (χ0n) is 10.7. The number of anilines is 1. The minimum Gasteiger partial charge on any atom is -0.380 e. The summed E-state index contributed by atoms with van der Waals surface area (Å²) in [7, 11) is 0. The van der Waals surface area contributed by atoms with Crippen molar-refractivity contribution >= 4 is 44.8 Å². The summed E-state index contributed by atoms with van der Waals surface area (Å²) in [5, 5.41) is 13.4. The highest BCUT2D eigenvalue weighted by Gasteiger charge is 2.06. The zero-order valence-corrected chi connectivity index (χ0v) is 13.8. The number of rotatable bonds is 3. The maximum absolute atomic E-state index is 8.81. The second kappa shape index (κ2) is 6.49. The Morgan fingerprint density at radius 3 is 2.60 bits per heavy atom. The lowest BCUT2D eigenvalue weighted by molar-refractivity contribution is 1.14. The molecule has 20 heavy (non-hydrogen) atoms. The predicted molar refractivity (Wildman–Crippen MR) is 87.4 cm³/mol. The van der Waals surface area contributed by atoms with Gasteiger partial charge in [-0.25, -0.2) is 0 Å². The van der Waals surface area contributed by atoms with E-state index >= 15 is 0 Å². The lowest BCUT2D eigenvalue weighted by Crippen LogP contribution is -2.01. The largest absolute Gasteiger partial charge is 0.380 e. The molecule has 0 bridgehead atoms. The lowest BCUT2D eigenvalue weighted by Gasteiger charge is -2.11. The van der Waals surface area contributed by atoms with Crippen LogP contribution in [0.15, 0.2) is 34.8 Å². The summed E-state index contributed by atoms with van der Waals surface area (Å²) in [6, 6.07) is 11.2. The Bertz CT molecular complexity index is 693. The van der Waals surface area contributed by atoms with Crippen LogP contribution in [0, 0.1) is 18.3 Å². The Hall–Kier alpha value is -1.21. The third-order valence-corrected chi connectivity index (χ3v) is 4.31. The molecule has 2 aromatic rings. The minimum atomic E-state index is 0.554. The van der Waals surface area contributed by atoms with Gasteiger partial charge in [0.25, 0.3) is 0 Å². The minimum absolute atomic E-state index is 0.554. The fourth-order valence-electron chi connectivity index (χ4n) is 1.73. The van der Waals surface area contributed by atoms with E-state index < -0.39 is 0 Å². The van der Waals surface area contributed by atoms with E-state index in [0.717, 1.165) is 21.3 Å². The molecule has 0 aliphatic carbocycles. The Morgan fingerprint density at radius 1 is 1.20 bits per heavy atom. The highest BCUT2D eigenvalue weighted by molar-refractivity contribution is 9.10. The van der Waals surface area contributed by atoms with Gasteiger partial charge in [0.15, 0.2) is 0 Å². The van der Waals surface area contributed by atoms with E-state index in [1.54, 1.807) is 12.1 Å². The molecule has 0 heterocycles. The van der Waals surface area contributed by atoms with Crippen molar-refractivity contribution in [2.45, 2.75) is 13.5 Å². The Morgan fingerprint density at radius 2 is 1.95 bits per heavy atom. The first-order valence-corrected chi connectivity index (χ1v) is 7.44. The number of benzene rings is 2. The molecule has 2 nitrogen and oxygen atoms in total. The number of halogens is 3. The first kappa shape index (κ1) is 15.2. The van der Waals surface area contributed by atoms with Crippen LogP contribution in [0.5, 0.6) is 0 Å². The van der Waals surface area contributed by atoms with E-state index in [-0.39, 0.29) is 0 Å². The summed E-state index contributed by atoms with van der Waals surface area (Å²) in [6.07, 6.45) is 0. The molecule has 102 valence electrons. The zero-order chi connectivity index (χ0) is 14.7. The molecular formula is C15H11BrCl2N2. The van der Waals surface area contributed by atoms with Crippen LogP contribution in [-0.4, -0.2) is 0 Å². The molecule has 0 fully saturated rings. The predicted octanol–water partition coefficient (Wildman–Crippen LogP) is 5.55. The van der Waals surface area contributed by atoms with Gasteiger partial charge >= 0.3 is 0 Å². The molecule has 0 spiro atoms. The van der Waals surface area contributed by atoms with Crippen molar-refractivity contribution in [3.05, 3.63) is 61.5 Å². The van der Waals surface area contributed by atoms with Gasteiger partial charge in [0, 0.05) is 21.1 Å². The molecular weight excluding hydrogens is 359 g/mol. The second-order valence-electron chi connectivity index (χ2n) is 4.35. The van der Waals surface area contributed by atoms with Crippen LogP contribution < -0.4 is 5.32 Å². The maximum Gasteiger partial charge on any atom is 0.0992 e. The average molecular weight is 370 g/mol. The van der Waals surface area contributed by atoms with Crippen LogP contribution in [-0.2, 0) is 6.54 Å². The molecule has 5 heteroatoms. The van der Waals surface area contributed by atoms with E-state index in [1.165, 1.54) is 0 Å². The molecule has 0 radical (unpaired) electrons. The molecule has 2 rings (SSSR count). The van der Waals surface area contributed by atoms with Crippen molar-refractivity contribution < 1.29 is 0 Å². The van der Waals surface area contributed by atoms with E-state index in [0.29, 0.717) is 22.2 Å². The number of aryl methyl sites for hydroxylation is 1. The Labute approximate surface area is 136 Å². The van der Waals surface area contributed by atoms with Crippen LogP contribution in [0.4, 0.5) is 5.69 Å².